The van der Waals surface area contributed by atoms with Crippen molar-refractivity contribution in [1.29, 1.82) is 0 Å². The molecule has 0 aliphatic rings. The molecular formula is C14H11FN2O4S. The van der Waals surface area contributed by atoms with Gasteiger partial charge in [0.1, 0.15) is 5.82 Å². The molecule has 6 nitrogen and oxygen atoms in total. The molecule has 0 bridgehead atoms. The Kier molecular flexibility index (Phi) is 3.55. The summed E-state index contributed by atoms with van der Waals surface area (Å²) in [5, 5.41) is 0. The number of benzene rings is 2. The maximum Gasteiger partial charge on any atom is 0.417 e. The molecule has 3 rings (SSSR count). The number of rotatable bonds is 4. The summed E-state index contributed by atoms with van der Waals surface area (Å²) in [4.78, 5) is 13.4. The van der Waals surface area contributed by atoms with Crippen LogP contribution in [0.3, 0.4) is 0 Å². The minimum Gasteiger partial charge on any atom is -0.408 e. The van der Waals surface area contributed by atoms with Crippen molar-refractivity contribution in [3.05, 3.63) is 64.4 Å². The first-order valence-electron chi connectivity index (χ1n) is 6.32. The quantitative estimate of drug-likeness (QED) is 0.765. The first-order chi connectivity index (χ1) is 10.5. The molecule has 0 aliphatic heterocycles. The van der Waals surface area contributed by atoms with Crippen LogP contribution in [-0.2, 0) is 16.6 Å². The van der Waals surface area contributed by atoms with Crippen LogP contribution in [0, 0.1) is 5.82 Å². The zero-order valence-electron chi connectivity index (χ0n) is 11.2. The number of nitrogens with one attached hydrogen (secondary N) is 2. The average Bonchev–Trinajstić information content (AvgIpc) is 2.85. The van der Waals surface area contributed by atoms with Gasteiger partial charge in [-0.25, -0.2) is 22.3 Å². The molecule has 114 valence electrons. The lowest BCUT2D eigenvalue weighted by atomic mass is 10.2. The van der Waals surface area contributed by atoms with Crippen LogP contribution in [0.1, 0.15) is 5.56 Å². The van der Waals surface area contributed by atoms with Crippen LogP contribution in [0.4, 0.5) is 4.39 Å². The van der Waals surface area contributed by atoms with E-state index >= 15 is 0 Å². The molecule has 1 heterocycles. The van der Waals surface area contributed by atoms with E-state index in [-0.39, 0.29) is 28.1 Å². The number of sulfonamides is 1. The number of H-pyrrole nitrogens is 1. The van der Waals surface area contributed by atoms with Crippen molar-refractivity contribution in [2.24, 2.45) is 0 Å². The summed E-state index contributed by atoms with van der Waals surface area (Å²) >= 11 is 0. The number of oxazole rings is 1. The minimum absolute atomic E-state index is 0.0478. The Morgan fingerprint density at radius 2 is 1.95 bits per heavy atom. The third-order valence-corrected chi connectivity index (χ3v) is 4.51. The minimum atomic E-state index is -3.84. The zero-order chi connectivity index (χ0) is 15.7. The molecule has 0 unspecified atom stereocenters. The lowest BCUT2D eigenvalue weighted by Crippen LogP contribution is -2.23. The standard InChI is InChI=1S/C14H11FN2O4S/c15-11-4-2-1-3-9(11)8-16-22(19,20)10-5-6-13-12(7-10)17-14(18)21-13/h1-7,16H,8H2,(H,17,18). The van der Waals surface area contributed by atoms with Crippen LogP contribution in [0.2, 0.25) is 0 Å². The van der Waals surface area contributed by atoms with Gasteiger partial charge in [0, 0.05) is 12.1 Å². The van der Waals surface area contributed by atoms with Crippen LogP contribution >= 0.6 is 0 Å². The van der Waals surface area contributed by atoms with Crippen LogP contribution in [0.25, 0.3) is 11.1 Å². The first-order valence-corrected chi connectivity index (χ1v) is 7.80. The molecule has 0 fully saturated rings. The van der Waals surface area contributed by atoms with Crippen molar-refractivity contribution >= 4 is 21.1 Å². The van der Waals surface area contributed by atoms with E-state index in [1.54, 1.807) is 6.07 Å². The van der Waals surface area contributed by atoms with Crippen molar-refractivity contribution in [3.63, 3.8) is 0 Å². The zero-order valence-corrected chi connectivity index (χ0v) is 12.0. The van der Waals surface area contributed by atoms with E-state index in [1.165, 1.54) is 36.4 Å². The molecule has 22 heavy (non-hydrogen) atoms. The Balaban J connectivity index is 1.88. The second-order valence-corrected chi connectivity index (χ2v) is 6.36. The van der Waals surface area contributed by atoms with E-state index in [0.29, 0.717) is 0 Å². The van der Waals surface area contributed by atoms with E-state index < -0.39 is 21.6 Å². The molecule has 0 spiro atoms. The van der Waals surface area contributed by atoms with Gasteiger partial charge in [-0.15, -0.1) is 0 Å². The number of aromatic nitrogens is 1. The fourth-order valence-electron chi connectivity index (χ4n) is 2.00. The van der Waals surface area contributed by atoms with Crippen LogP contribution in [0.15, 0.2) is 56.6 Å². The van der Waals surface area contributed by atoms with Gasteiger partial charge in [0.15, 0.2) is 5.58 Å². The lowest BCUT2D eigenvalue weighted by Gasteiger charge is -2.07. The summed E-state index contributed by atoms with van der Waals surface area (Å²) in [6.07, 6.45) is 0. The smallest absolute Gasteiger partial charge is 0.408 e. The van der Waals surface area contributed by atoms with Crippen LogP contribution in [0.5, 0.6) is 0 Å². The van der Waals surface area contributed by atoms with Crippen molar-refractivity contribution in [2.75, 3.05) is 0 Å². The highest BCUT2D eigenvalue weighted by atomic mass is 32.2. The maximum atomic E-state index is 13.5. The Labute approximate surface area is 124 Å². The molecule has 8 heteroatoms. The average molecular weight is 322 g/mol. The fourth-order valence-corrected chi connectivity index (χ4v) is 3.03. The molecule has 2 aromatic carbocycles. The summed E-state index contributed by atoms with van der Waals surface area (Å²) in [5.74, 6) is -1.15. The van der Waals surface area contributed by atoms with Crippen LogP contribution < -0.4 is 10.5 Å². The van der Waals surface area contributed by atoms with E-state index in [4.69, 9.17) is 4.42 Å². The van der Waals surface area contributed by atoms with E-state index in [9.17, 15) is 17.6 Å². The number of hydrogen-bond acceptors (Lipinski definition) is 4. The third kappa shape index (κ3) is 2.78. The lowest BCUT2D eigenvalue weighted by molar-refractivity contribution is 0.555. The predicted molar refractivity (Wildman–Crippen MR) is 77.3 cm³/mol. The summed E-state index contributed by atoms with van der Waals surface area (Å²) < 4.78 is 45.0. The molecule has 0 aliphatic carbocycles. The summed E-state index contributed by atoms with van der Waals surface area (Å²) in [5.41, 5.74) is 0.778. The van der Waals surface area contributed by atoms with E-state index in [1.807, 2.05) is 0 Å². The molecule has 0 radical (unpaired) electrons. The van der Waals surface area contributed by atoms with Crippen molar-refractivity contribution in [1.82, 2.24) is 9.71 Å². The maximum absolute atomic E-state index is 13.5. The topological polar surface area (TPSA) is 92.2 Å². The van der Waals surface area contributed by atoms with Crippen molar-refractivity contribution in [2.45, 2.75) is 11.4 Å². The highest BCUT2D eigenvalue weighted by Crippen LogP contribution is 2.17. The molecule has 1 aromatic heterocycles. The summed E-state index contributed by atoms with van der Waals surface area (Å²) in [6.45, 7) is -0.172. The second-order valence-electron chi connectivity index (χ2n) is 4.59. The normalized spacial score (nSPS) is 11.9. The van der Waals surface area contributed by atoms with Gasteiger partial charge >= 0.3 is 5.76 Å². The highest BCUT2D eigenvalue weighted by Gasteiger charge is 2.16. The van der Waals surface area contributed by atoms with Gasteiger partial charge < -0.3 is 4.42 Å². The molecule has 0 amide bonds. The van der Waals surface area contributed by atoms with Gasteiger partial charge in [-0.3, -0.25) is 4.98 Å². The monoisotopic (exact) mass is 322 g/mol. The third-order valence-electron chi connectivity index (χ3n) is 3.11. The van der Waals surface area contributed by atoms with E-state index in [0.717, 1.165) is 0 Å². The SMILES string of the molecule is O=c1[nH]c2cc(S(=O)(=O)NCc3ccccc3F)ccc2o1. The summed E-state index contributed by atoms with van der Waals surface area (Å²) in [6, 6.07) is 9.86. The number of hydrogen-bond donors (Lipinski definition) is 2. The Morgan fingerprint density at radius 3 is 2.73 bits per heavy atom. The van der Waals surface area contributed by atoms with Gasteiger partial charge in [0.25, 0.3) is 0 Å². The first kappa shape index (κ1) is 14.5. The van der Waals surface area contributed by atoms with Gasteiger partial charge in [-0.05, 0) is 24.3 Å². The van der Waals surface area contributed by atoms with Crippen molar-refractivity contribution < 1.29 is 17.2 Å². The van der Waals surface area contributed by atoms with Crippen molar-refractivity contribution in [3.8, 4) is 0 Å². The molecule has 3 aromatic rings. The predicted octanol–water partition coefficient (Wildman–Crippen LogP) is 1.74. The Hall–Kier alpha value is -2.45. The molecular weight excluding hydrogens is 311 g/mol. The largest absolute Gasteiger partial charge is 0.417 e. The van der Waals surface area contributed by atoms with Crippen LogP contribution in [-0.4, -0.2) is 13.4 Å². The second kappa shape index (κ2) is 5.39. The molecule has 0 saturated heterocycles. The Bertz CT molecular complexity index is 991. The number of halogens is 1. The highest BCUT2D eigenvalue weighted by molar-refractivity contribution is 7.89. The number of fused-ring (bicyclic) bond motifs is 1. The van der Waals surface area contributed by atoms with Gasteiger partial charge in [-0.2, -0.15) is 0 Å². The van der Waals surface area contributed by atoms with Gasteiger partial charge in [-0.1, -0.05) is 18.2 Å². The number of aromatic amines is 1. The fraction of sp³-hybridized carbons (Fsp3) is 0.0714. The van der Waals surface area contributed by atoms with E-state index in [2.05, 4.69) is 9.71 Å². The molecule has 2 N–H and O–H groups in total. The van der Waals surface area contributed by atoms with Gasteiger partial charge in [0.2, 0.25) is 10.0 Å². The Morgan fingerprint density at radius 1 is 1.18 bits per heavy atom. The summed E-state index contributed by atoms with van der Waals surface area (Å²) in [7, 11) is -3.84. The molecule has 0 atom stereocenters. The van der Waals surface area contributed by atoms with Gasteiger partial charge in [0.05, 0.1) is 10.4 Å². The molecule has 0 saturated carbocycles.